The van der Waals surface area contributed by atoms with Crippen molar-refractivity contribution in [2.75, 3.05) is 7.11 Å². The molecule has 0 heterocycles. The standard InChI is InChI=1S/C15H11IO4/c1-20-15(19)10-6-8-11(9-7-10)16-13-5-3-2-4-12(13)14(17)18/h2-9H,1H3/p+1. The van der Waals surface area contributed by atoms with Crippen LogP contribution >= 0.6 is 0 Å². The molecule has 20 heavy (non-hydrogen) atoms. The lowest BCUT2D eigenvalue weighted by Gasteiger charge is -1.97. The molecule has 0 radical (unpaired) electrons. The largest absolute Gasteiger partial charge is 0.478 e. The van der Waals surface area contributed by atoms with Crippen molar-refractivity contribution >= 4 is 11.9 Å². The summed E-state index contributed by atoms with van der Waals surface area (Å²) in [6.07, 6.45) is 0. The summed E-state index contributed by atoms with van der Waals surface area (Å²) in [5, 5.41) is 9.15. The molecular weight excluding hydrogens is 371 g/mol. The van der Waals surface area contributed by atoms with Crippen molar-refractivity contribution in [1.82, 2.24) is 0 Å². The van der Waals surface area contributed by atoms with E-state index in [1.54, 1.807) is 24.3 Å². The number of aromatic carboxylic acids is 1. The van der Waals surface area contributed by atoms with Gasteiger partial charge in [-0.05, 0) is 36.4 Å². The van der Waals surface area contributed by atoms with Gasteiger partial charge in [-0.15, -0.1) is 0 Å². The minimum Gasteiger partial charge on any atom is -0.478 e. The maximum atomic E-state index is 11.3. The van der Waals surface area contributed by atoms with Crippen LogP contribution in [0.2, 0.25) is 0 Å². The number of rotatable bonds is 4. The van der Waals surface area contributed by atoms with Gasteiger partial charge in [0, 0.05) is 0 Å². The van der Waals surface area contributed by atoms with E-state index < -0.39 is 27.2 Å². The van der Waals surface area contributed by atoms with Crippen LogP contribution in [-0.4, -0.2) is 24.2 Å². The van der Waals surface area contributed by atoms with Gasteiger partial charge in [0.2, 0.25) is 3.57 Å². The SMILES string of the molecule is COC(=O)c1ccc([I+]c2ccccc2C(=O)O)cc1. The second-order valence-electron chi connectivity index (χ2n) is 3.88. The van der Waals surface area contributed by atoms with Crippen molar-refractivity contribution in [3.05, 3.63) is 66.8 Å². The first kappa shape index (κ1) is 14.5. The van der Waals surface area contributed by atoms with E-state index in [0.717, 1.165) is 7.14 Å². The summed E-state index contributed by atoms with van der Waals surface area (Å²) in [5.41, 5.74) is 0.837. The first-order valence-electron chi connectivity index (χ1n) is 5.77. The summed E-state index contributed by atoms with van der Waals surface area (Å²) >= 11 is -0.597. The number of methoxy groups -OCH3 is 1. The van der Waals surface area contributed by atoms with Gasteiger partial charge in [0.1, 0.15) is 5.56 Å². The Balaban J connectivity index is 2.23. The van der Waals surface area contributed by atoms with Crippen LogP contribution in [-0.2, 0) is 4.74 Å². The van der Waals surface area contributed by atoms with Crippen LogP contribution in [0.1, 0.15) is 20.7 Å². The van der Waals surface area contributed by atoms with Crippen LogP contribution in [0, 0.1) is 7.14 Å². The number of carbonyl (C=O) groups is 2. The van der Waals surface area contributed by atoms with Crippen molar-refractivity contribution in [3.63, 3.8) is 0 Å². The molecule has 0 fully saturated rings. The molecule has 0 aliphatic rings. The number of benzene rings is 2. The average molecular weight is 383 g/mol. The zero-order chi connectivity index (χ0) is 14.5. The second-order valence-corrected chi connectivity index (χ2v) is 6.83. The highest BCUT2D eigenvalue weighted by Gasteiger charge is 2.23. The third-order valence-electron chi connectivity index (χ3n) is 2.58. The lowest BCUT2D eigenvalue weighted by molar-refractivity contribution is -0.597. The maximum Gasteiger partial charge on any atom is 0.358 e. The monoisotopic (exact) mass is 383 g/mol. The Labute approximate surface area is 126 Å². The van der Waals surface area contributed by atoms with Crippen molar-refractivity contribution < 1.29 is 40.6 Å². The Morgan fingerprint density at radius 1 is 1.05 bits per heavy atom. The smallest absolute Gasteiger partial charge is 0.358 e. The van der Waals surface area contributed by atoms with Gasteiger partial charge in [0.25, 0.3) is 0 Å². The lowest BCUT2D eigenvalue weighted by Crippen LogP contribution is -3.61. The van der Waals surface area contributed by atoms with E-state index in [1.807, 2.05) is 24.3 Å². The topological polar surface area (TPSA) is 63.6 Å². The Morgan fingerprint density at radius 2 is 1.70 bits per heavy atom. The quantitative estimate of drug-likeness (QED) is 0.561. The fraction of sp³-hybridized carbons (Fsp3) is 0.0667. The number of carboxylic acids is 1. The molecule has 0 atom stereocenters. The molecule has 2 rings (SSSR count). The summed E-state index contributed by atoms with van der Waals surface area (Å²) in [7, 11) is 1.34. The first-order chi connectivity index (χ1) is 9.61. The average Bonchev–Trinajstić information content (AvgIpc) is 2.47. The molecule has 0 saturated carbocycles. The molecule has 102 valence electrons. The predicted molar refractivity (Wildman–Crippen MR) is 68.6 cm³/mol. The minimum atomic E-state index is -0.911. The van der Waals surface area contributed by atoms with E-state index in [1.165, 1.54) is 7.11 Å². The zero-order valence-corrected chi connectivity index (χ0v) is 12.8. The number of hydrogen-bond donors (Lipinski definition) is 1. The van der Waals surface area contributed by atoms with E-state index in [9.17, 15) is 9.59 Å². The van der Waals surface area contributed by atoms with Gasteiger partial charge in [-0.1, -0.05) is 12.1 Å². The Bertz CT molecular complexity index is 635. The van der Waals surface area contributed by atoms with Crippen LogP contribution < -0.4 is 21.2 Å². The summed E-state index contributed by atoms with van der Waals surface area (Å²) in [6.45, 7) is 0. The molecule has 4 nitrogen and oxygen atoms in total. The van der Waals surface area contributed by atoms with Gasteiger partial charge in [-0.3, -0.25) is 0 Å². The Kier molecular flexibility index (Phi) is 4.73. The molecule has 0 bridgehead atoms. The molecule has 2 aromatic rings. The molecule has 2 aromatic carbocycles. The first-order valence-corrected chi connectivity index (χ1v) is 7.93. The van der Waals surface area contributed by atoms with Gasteiger partial charge in [0.15, 0.2) is 3.57 Å². The predicted octanol–water partition coefficient (Wildman–Crippen LogP) is -0.700. The number of carbonyl (C=O) groups excluding carboxylic acids is 1. The van der Waals surface area contributed by atoms with Crippen molar-refractivity contribution in [2.24, 2.45) is 0 Å². The van der Waals surface area contributed by atoms with E-state index in [2.05, 4.69) is 4.74 Å². The molecular formula is C15H12IO4+. The molecule has 5 heteroatoms. The fourth-order valence-electron chi connectivity index (χ4n) is 1.60. The molecule has 0 spiro atoms. The van der Waals surface area contributed by atoms with Crippen LogP contribution in [0.4, 0.5) is 0 Å². The Morgan fingerprint density at radius 3 is 2.30 bits per heavy atom. The Hall–Kier alpha value is -1.89. The normalized spacial score (nSPS) is 10.1. The fourth-order valence-corrected chi connectivity index (χ4v) is 4.08. The third kappa shape index (κ3) is 3.36. The van der Waals surface area contributed by atoms with E-state index in [-0.39, 0.29) is 5.97 Å². The van der Waals surface area contributed by atoms with Gasteiger partial charge in [-0.25, -0.2) is 9.59 Å². The van der Waals surface area contributed by atoms with E-state index in [4.69, 9.17) is 5.11 Å². The number of esters is 1. The molecule has 1 N–H and O–H groups in total. The van der Waals surface area contributed by atoms with Gasteiger partial charge in [-0.2, -0.15) is 0 Å². The summed E-state index contributed by atoms with van der Waals surface area (Å²) in [5.74, 6) is -1.29. The highest BCUT2D eigenvalue weighted by atomic mass is 127. The lowest BCUT2D eigenvalue weighted by atomic mass is 10.2. The van der Waals surface area contributed by atoms with Crippen LogP contribution in [0.3, 0.4) is 0 Å². The minimum absolute atomic E-state index is 0.345. The summed E-state index contributed by atoms with van der Waals surface area (Å²) < 4.78 is 6.54. The third-order valence-corrected chi connectivity index (χ3v) is 5.44. The second kappa shape index (κ2) is 6.51. The molecule has 0 unspecified atom stereocenters. The van der Waals surface area contributed by atoms with E-state index in [0.29, 0.717) is 11.1 Å². The number of ether oxygens (including phenoxy) is 1. The van der Waals surface area contributed by atoms with Crippen molar-refractivity contribution in [2.45, 2.75) is 0 Å². The molecule has 0 aliphatic carbocycles. The molecule has 0 saturated heterocycles. The van der Waals surface area contributed by atoms with Crippen LogP contribution in [0.5, 0.6) is 0 Å². The van der Waals surface area contributed by atoms with Crippen LogP contribution in [0.25, 0.3) is 0 Å². The summed E-state index contributed by atoms with van der Waals surface area (Å²) in [6, 6.07) is 14.1. The zero-order valence-electron chi connectivity index (χ0n) is 10.7. The highest BCUT2D eigenvalue weighted by Crippen LogP contribution is 2.01. The molecule has 0 amide bonds. The van der Waals surface area contributed by atoms with Crippen LogP contribution in [0.15, 0.2) is 48.5 Å². The van der Waals surface area contributed by atoms with Gasteiger partial charge in [0.05, 0.1) is 12.7 Å². The molecule has 0 aliphatic heterocycles. The van der Waals surface area contributed by atoms with E-state index >= 15 is 0 Å². The van der Waals surface area contributed by atoms with Gasteiger partial charge >= 0.3 is 33.1 Å². The van der Waals surface area contributed by atoms with Crippen molar-refractivity contribution in [1.29, 1.82) is 0 Å². The number of carboxylic acid groups (broad SMARTS) is 1. The maximum absolute atomic E-state index is 11.3. The summed E-state index contributed by atoms with van der Waals surface area (Å²) in [4.78, 5) is 22.5. The number of halogens is 1. The molecule has 0 aromatic heterocycles. The van der Waals surface area contributed by atoms with Crippen molar-refractivity contribution in [3.8, 4) is 0 Å². The highest BCUT2D eigenvalue weighted by molar-refractivity contribution is 5.89. The number of hydrogen-bond acceptors (Lipinski definition) is 3. The van der Waals surface area contributed by atoms with Gasteiger partial charge < -0.3 is 9.84 Å².